The van der Waals surface area contributed by atoms with Gasteiger partial charge < -0.3 is 18.6 Å². The molecule has 3 aromatic heterocycles. The van der Waals surface area contributed by atoms with E-state index in [4.69, 9.17) is 8.83 Å². The number of amides is 2. The summed E-state index contributed by atoms with van der Waals surface area (Å²) < 4.78 is 13.7. The molecule has 0 radical (unpaired) electrons. The van der Waals surface area contributed by atoms with Crippen LogP contribution in [0.15, 0.2) is 57.4 Å². The average Bonchev–Trinajstić information content (AvgIpc) is 1.61. The van der Waals surface area contributed by atoms with E-state index in [1.807, 2.05) is 12.1 Å². The van der Waals surface area contributed by atoms with Gasteiger partial charge in [0, 0.05) is 33.8 Å². The lowest BCUT2D eigenvalue weighted by molar-refractivity contribution is -0.114. The van der Waals surface area contributed by atoms with Crippen LogP contribution in [0, 0.1) is 11.8 Å². The number of carbonyl (C=O) groups excluding carboxylic acids is 2. The summed E-state index contributed by atoms with van der Waals surface area (Å²) in [5.74, 6) is 3.69. The fraction of sp³-hybridized carbons (Fsp3) is 0.718. The molecule has 2 unspecified atom stereocenters. The van der Waals surface area contributed by atoms with Gasteiger partial charge in [0.15, 0.2) is 0 Å². The average molecular weight is 1190 g/mol. The SMILES string of the molecule is CCCCCCCCCCCCC(CCCCCCCCCC)CN1C(=O)C(c2ccc(-c3ccc(C(C)(C)C)s3)o2)=c2cc3c(cc21)=C(c1ccc(C(C)(C)C)o1)C(=O)N3CC(CCCCCCCCCC)CCCCCCCCCCCC. The largest absolute Gasteiger partial charge is 0.460 e. The first-order chi connectivity index (χ1) is 41.2. The lowest BCUT2D eigenvalue weighted by Gasteiger charge is -2.27. The van der Waals surface area contributed by atoms with Gasteiger partial charge in [0.05, 0.1) is 27.4 Å². The molecule has 5 heterocycles. The Bertz CT molecular complexity index is 2650. The fourth-order valence-electron chi connectivity index (χ4n) is 13.5. The summed E-state index contributed by atoms with van der Waals surface area (Å²) in [6.45, 7) is 23.8. The minimum absolute atomic E-state index is 0.0195. The smallest absolute Gasteiger partial charge is 0.262 e. The predicted molar refractivity (Wildman–Crippen MR) is 368 cm³/mol. The molecule has 4 aromatic rings. The summed E-state index contributed by atoms with van der Waals surface area (Å²) in [4.78, 5) is 38.1. The Kier molecular flexibility index (Phi) is 31.3. The van der Waals surface area contributed by atoms with Gasteiger partial charge in [-0.3, -0.25) is 9.59 Å². The molecule has 7 heteroatoms. The fourth-order valence-corrected chi connectivity index (χ4v) is 14.5. The summed E-state index contributed by atoms with van der Waals surface area (Å²) in [5.41, 5.74) is 2.87. The van der Waals surface area contributed by atoms with Crippen molar-refractivity contribution >= 4 is 45.7 Å². The van der Waals surface area contributed by atoms with Crippen molar-refractivity contribution in [3.05, 3.63) is 81.1 Å². The van der Waals surface area contributed by atoms with E-state index in [-0.39, 0.29) is 22.6 Å². The van der Waals surface area contributed by atoms with Gasteiger partial charge in [0.25, 0.3) is 11.8 Å². The molecule has 0 fully saturated rings. The first kappa shape index (κ1) is 70.2. The van der Waals surface area contributed by atoms with Crippen LogP contribution in [0.1, 0.15) is 348 Å². The van der Waals surface area contributed by atoms with Gasteiger partial charge in [-0.1, -0.05) is 300 Å². The third-order valence-corrected chi connectivity index (χ3v) is 20.5. The van der Waals surface area contributed by atoms with Crippen LogP contribution in [0.3, 0.4) is 0 Å². The van der Waals surface area contributed by atoms with Gasteiger partial charge in [-0.2, -0.15) is 0 Å². The highest BCUT2D eigenvalue weighted by Gasteiger charge is 2.39. The monoisotopic (exact) mass is 1180 g/mol. The van der Waals surface area contributed by atoms with Crippen molar-refractivity contribution in [3.63, 3.8) is 0 Å². The maximum atomic E-state index is 15.8. The molecule has 6 rings (SSSR count). The summed E-state index contributed by atoms with van der Waals surface area (Å²) in [7, 11) is 0. The van der Waals surface area contributed by atoms with Crippen molar-refractivity contribution in [3.8, 4) is 10.6 Å². The number of unbranched alkanes of at least 4 members (excludes halogenated alkanes) is 32. The van der Waals surface area contributed by atoms with E-state index in [2.05, 4.69) is 115 Å². The minimum atomic E-state index is -0.220. The molecule has 0 aliphatic carbocycles. The van der Waals surface area contributed by atoms with Crippen LogP contribution in [-0.4, -0.2) is 24.9 Å². The second kappa shape index (κ2) is 37.9. The van der Waals surface area contributed by atoms with Crippen molar-refractivity contribution in [2.45, 2.75) is 337 Å². The second-order valence-corrected chi connectivity index (χ2v) is 29.7. The van der Waals surface area contributed by atoms with E-state index in [0.29, 0.717) is 47.6 Å². The number of fused-ring (bicyclic) bond motifs is 2. The predicted octanol–water partition coefficient (Wildman–Crippen LogP) is 23.2. The van der Waals surface area contributed by atoms with Gasteiger partial charge in [-0.05, 0) is 91.5 Å². The molecule has 0 spiro atoms. The molecule has 1 aromatic carbocycles. The van der Waals surface area contributed by atoms with E-state index in [1.165, 1.54) is 236 Å². The number of hydrogen-bond acceptors (Lipinski definition) is 5. The molecule has 85 heavy (non-hydrogen) atoms. The molecule has 2 amide bonds. The van der Waals surface area contributed by atoms with Gasteiger partial charge in [0.2, 0.25) is 0 Å². The molecule has 2 atom stereocenters. The number of thiophene rings is 1. The van der Waals surface area contributed by atoms with Crippen molar-refractivity contribution in [2.24, 2.45) is 11.8 Å². The standard InChI is InChI=1S/C78H124N2O4S/c1-11-15-19-23-27-31-33-37-41-45-49-61(47-43-39-35-29-25-21-17-13-3)59-79-65-58-64-66(57-63(65)73(75(79)81)68-52-51-67(83-68)70-54-56-72(85-70)78(8,9)10)80(76(82)74(64)69-53-55-71(84-69)77(5,6)7)60-62(48-44-40-36-30-26-22-18-14-4)50-46-42-38-34-32-28-24-20-16-12-2/h51-58,61-62H,11-50,59-60H2,1-10H3. The van der Waals surface area contributed by atoms with Crippen LogP contribution >= 0.6 is 11.3 Å². The number of furan rings is 2. The number of anilines is 2. The zero-order chi connectivity index (χ0) is 60.9. The molecule has 0 bridgehead atoms. The van der Waals surface area contributed by atoms with Crippen molar-refractivity contribution < 1.29 is 18.4 Å². The molecule has 0 saturated heterocycles. The van der Waals surface area contributed by atoms with Gasteiger partial charge in [0.1, 0.15) is 23.0 Å². The summed E-state index contributed by atoms with van der Waals surface area (Å²) in [6.07, 6.45) is 51.6. The number of nitrogens with zero attached hydrogens (tertiary/aromatic N) is 2. The summed E-state index contributed by atoms with van der Waals surface area (Å²) >= 11 is 1.77. The highest BCUT2D eigenvalue weighted by atomic mass is 32.1. The Morgan fingerprint density at radius 3 is 1.01 bits per heavy atom. The first-order valence-electron chi connectivity index (χ1n) is 36.1. The quantitative estimate of drug-likeness (QED) is 0.0414. The van der Waals surface area contributed by atoms with Crippen LogP contribution < -0.4 is 20.2 Å². The Labute approximate surface area is 524 Å². The first-order valence-corrected chi connectivity index (χ1v) is 36.9. The van der Waals surface area contributed by atoms with Crippen molar-refractivity contribution in [2.75, 3.05) is 22.9 Å². The zero-order valence-corrected chi connectivity index (χ0v) is 57.2. The van der Waals surface area contributed by atoms with Crippen LogP contribution in [0.5, 0.6) is 0 Å². The Balaban J connectivity index is 1.37. The minimum Gasteiger partial charge on any atom is -0.460 e. The molecule has 476 valence electrons. The maximum Gasteiger partial charge on any atom is 0.262 e. The van der Waals surface area contributed by atoms with Crippen molar-refractivity contribution in [1.82, 2.24) is 0 Å². The Morgan fingerprint density at radius 2 is 0.694 bits per heavy atom. The Hall–Kier alpha value is -3.84. The lowest BCUT2D eigenvalue weighted by atomic mass is 9.93. The number of benzene rings is 1. The lowest BCUT2D eigenvalue weighted by Crippen LogP contribution is -2.35. The Morgan fingerprint density at radius 1 is 0.376 bits per heavy atom. The van der Waals surface area contributed by atoms with E-state index in [9.17, 15) is 0 Å². The van der Waals surface area contributed by atoms with Crippen LogP contribution in [0.4, 0.5) is 11.4 Å². The number of carbonyl (C=O) groups is 2. The van der Waals surface area contributed by atoms with Crippen LogP contribution in [0.25, 0.3) is 21.8 Å². The van der Waals surface area contributed by atoms with E-state index < -0.39 is 0 Å². The van der Waals surface area contributed by atoms with Crippen LogP contribution in [0.2, 0.25) is 0 Å². The zero-order valence-electron chi connectivity index (χ0n) is 56.4. The van der Waals surface area contributed by atoms with E-state index in [1.54, 1.807) is 11.3 Å². The van der Waals surface area contributed by atoms with Gasteiger partial charge in [-0.15, -0.1) is 11.3 Å². The van der Waals surface area contributed by atoms with E-state index in [0.717, 1.165) is 63.9 Å². The normalized spacial score (nSPS) is 14.4. The third kappa shape index (κ3) is 22.6. The molecule has 2 aliphatic rings. The second-order valence-electron chi connectivity index (χ2n) is 28.7. The number of hydrogen-bond donors (Lipinski definition) is 0. The molecule has 0 saturated carbocycles. The van der Waals surface area contributed by atoms with Crippen molar-refractivity contribution in [1.29, 1.82) is 0 Å². The third-order valence-electron chi connectivity index (χ3n) is 18.9. The highest BCUT2D eigenvalue weighted by molar-refractivity contribution is 7.15. The molecular formula is C78H124N2O4S. The van der Waals surface area contributed by atoms with Crippen LogP contribution in [-0.2, 0) is 20.4 Å². The molecular weight excluding hydrogens is 1060 g/mol. The maximum absolute atomic E-state index is 15.8. The number of rotatable bonds is 47. The van der Waals surface area contributed by atoms with Gasteiger partial charge in [-0.25, -0.2) is 0 Å². The highest BCUT2D eigenvalue weighted by Crippen LogP contribution is 2.40. The van der Waals surface area contributed by atoms with Gasteiger partial charge >= 0.3 is 0 Å². The topological polar surface area (TPSA) is 66.9 Å². The molecule has 0 N–H and O–H groups in total. The van der Waals surface area contributed by atoms with E-state index >= 15 is 9.59 Å². The summed E-state index contributed by atoms with van der Waals surface area (Å²) in [5, 5.41) is 1.78. The summed E-state index contributed by atoms with van der Waals surface area (Å²) in [6, 6.07) is 17.0. The molecule has 2 aliphatic heterocycles. The molecule has 6 nitrogen and oxygen atoms in total.